The highest BCUT2D eigenvalue weighted by Gasteiger charge is 2.21. The highest BCUT2D eigenvalue weighted by molar-refractivity contribution is 6.57. The standard InChI is InChI=1S/C14H28O4Si/c1-12(2)14(15)17-7-5-9-19(3)8-4-6-16-10-13-11-18-13/h12-13,19H,4-11H2,1-3H3. The number of carbonyl (C=O) groups excluding carboxylic acids is 1. The van der Waals surface area contributed by atoms with Gasteiger partial charge in [-0.2, -0.15) is 0 Å². The molecule has 5 heteroatoms. The van der Waals surface area contributed by atoms with Crippen molar-refractivity contribution in [3.8, 4) is 0 Å². The molecule has 1 aliphatic heterocycles. The van der Waals surface area contributed by atoms with Gasteiger partial charge >= 0.3 is 5.97 Å². The van der Waals surface area contributed by atoms with E-state index in [4.69, 9.17) is 14.2 Å². The highest BCUT2D eigenvalue weighted by atomic mass is 28.3. The van der Waals surface area contributed by atoms with Crippen LogP contribution in [0.2, 0.25) is 18.6 Å². The van der Waals surface area contributed by atoms with Crippen LogP contribution in [-0.4, -0.2) is 47.3 Å². The second kappa shape index (κ2) is 9.50. The number of hydrogen-bond donors (Lipinski definition) is 0. The molecule has 1 heterocycles. The van der Waals surface area contributed by atoms with Gasteiger partial charge in [0.2, 0.25) is 0 Å². The van der Waals surface area contributed by atoms with E-state index in [2.05, 4.69) is 6.55 Å². The number of esters is 1. The molecule has 0 amide bonds. The van der Waals surface area contributed by atoms with Gasteiger partial charge in [0.1, 0.15) is 6.10 Å². The molecule has 2 atom stereocenters. The maximum absolute atomic E-state index is 11.3. The molecule has 0 aromatic rings. The molecule has 1 saturated heterocycles. The number of rotatable bonds is 11. The van der Waals surface area contributed by atoms with Crippen molar-refractivity contribution in [2.75, 3.05) is 26.4 Å². The number of hydrogen-bond acceptors (Lipinski definition) is 4. The van der Waals surface area contributed by atoms with Crippen LogP contribution in [0, 0.1) is 5.92 Å². The van der Waals surface area contributed by atoms with E-state index in [1.807, 2.05) is 13.8 Å². The van der Waals surface area contributed by atoms with E-state index >= 15 is 0 Å². The van der Waals surface area contributed by atoms with E-state index in [0.717, 1.165) is 32.7 Å². The molecule has 4 nitrogen and oxygen atoms in total. The van der Waals surface area contributed by atoms with Gasteiger partial charge in [0, 0.05) is 15.4 Å². The lowest BCUT2D eigenvalue weighted by molar-refractivity contribution is -0.147. The van der Waals surface area contributed by atoms with Crippen LogP contribution in [0.3, 0.4) is 0 Å². The molecule has 19 heavy (non-hydrogen) atoms. The minimum Gasteiger partial charge on any atom is -0.465 e. The Morgan fingerprint density at radius 1 is 1.32 bits per heavy atom. The lowest BCUT2D eigenvalue weighted by Crippen LogP contribution is -2.14. The van der Waals surface area contributed by atoms with Crippen LogP contribution in [0.15, 0.2) is 0 Å². The molecule has 2 unspecified atom stereocenters. The Morgan fingerprint density at radius 3 is 2.53 bits per heavy atom. The second-order valence-corrected chi connectivity index (χ2v) is 9.11. The van der Waals surface area contributed by atoms with Gasteiger partial charge in [-0.25, -0.2) is 0 Å². The van der Waals surface area contributed by atoms with E-state index in [0.29, 0.717) is 12.7 Å². The summed E-state index contributed by atoms with van der Waals surface area (Å²) in [6, 6.07) is 2.56. The topological polar surface area (TPSA) is 48.1 Å². The maximum Gasteiger partial charge on any atom is 0.308 e. The fraction of sp³-hybridized carbons (Fsp3) is 0.929. The van der Waals surface area contributed by atoms with Crippen LogP contribution in [0.25, 0.3) is 0 Å². The summed E-state index contributed by atoms with van der Waals surface area (Å²) < 4.78 is 15.8. The van der Waals surface area contributed by atoms with E-state index in [9.17, 15) is 4.79 Å². The molecule has 1 rings (SSSR count). The molecule has 0 N–H and O–H groups in total. The minimum atomic E-state index is -0.644. The smallest absolute Gasteiger partial charge is 0.308 e. The van der Waals surface area contributed by atoms with E-state index in [1.165, 1.54) is 12.1 Å². The van der Waals surface area contributed by atoms with Crippen LogP contribution >= 0.6 is 0 Å². The van der Waals surface area contributed by atoms with Crippen molar-refractivity contribution in [2.45, 2.75) is 51.4 Å². The summed E-state index contributed by atoms with van der Waals surface area (Å²) in [5, 5.41) is 0. The molecule has 0 aromatic carbocycles. The summed E-state index contributed by atoms with van der Waals surface area (Å²) in [6.07, 6.45) is 2.56. The Morgan fingerprint density at radius 2 is 1.95 bits per heavy atom. The summed E-state index contributed by atoms with van der Waals surface area (Å²) >= 11 is 0. The largest absolute Gasteiger partial charge is 0.465 e. The predicted molar refractivity (Wildman–Crippen MR) is 78.2 cm³/mol. The van der Waals surface area contributed by atoms with Crippen molar-refractivity contribution >= 4 is 14.8 Å². The molecule has 1 fully saturated rings. The molecular formula is C14H28O4Si. The Labute approximate surface area is 118 Å². The first kappa shape index (κ1) is 16.7. The molecule has 0 aromatic heterocycles. The fourth-order valence-electron chi connectivity index (χ4n) is 1.83. The van der Waals surface area contributed by atoms with Gasteiger partial charge in [-0.15, -0.1) is 0 Å². The lowest BCUT2D eigenvalue weighted by atomic mass is 10.2. The van der Waals surface area contributed by atoms with Crippen molar-refractivity contribution < 1.29 is 19.0 Å². The molecule has 0 aliphatic carbocycles. The summed E-state index contributed by atoms with van der Waals surface area (Å²) in [5.41, 5.74) is 0. The molecule has 1 aliphatic rings. The van der Waals surface area contributed by atoms with E-state index < -0.39 is 8.80 Å². The van der Waals surface area contributed by atoms with Crippen LogP contribution in [0.5, 0.6) is 0 Å². The van der Waals surface area contributed by atoms with E-state index in [1.54, 1.807) is 0 Å². The van der Waals surface area contributed by atoms with Gasteiger partial charge in [-0.1, -0.05) is 32.5 Å². The fourth-order valence-corrected chi connectivity index (χ4v) is 3.84. The van der Waals surface area contributed by atoms with Gasteiger partial charge in [-0.05, 0) is 12.8 Å². The Balaban J connectivity index is 1.83. The molecule has 0 spiro atoms. The zero-order chi connectivity index (χ0) is 14.1. The van der Waals surface area contributed by atoms with Crippen LogP contribution in [0.4, 0.5) is 0 Å². The highest BCUT2D eigenvalue weighted by Crippen LogP contribution is 2.10. The summed E-state index contributed by atoms with van der Waals surface area (Å²) in [5.74, 6) is -0.0905. The van der Waals surface area contributed by atoms with Crippen molar-refractivity contribution in [1.29, 1.82) is 0 Å². The third-order valence-electron chi connectivity index (χ3n) is 3.25. The molecule has 0 radical (unpaired) electrons. The Hall–Kier alpha value is -0.393. The maximum atomic E-state index is 11.3. The normalized spacial score (nSPS) is 19.5. The van der Waals surface area contributed by atoms with Gasteiger partial charge in [0.15, 0.2) is 0 Å². The minimum absolute atomic E-state index is 0.0118. The van der Waals surface area contributed by atoms with E-state index in [-0.39, 0.29) is 11.9 Å². The summed E-state index contributed by atoms with van der Waals surface area (Å²) in [4.78, 5) is 11.3. The van der Waals surface area contributed by atoms with Crippen LogP contribution in [-0.2, 0) is 19.0 Å². The first-order chi connectivity index (χ1) is 9.09. The van der Waals surface area contributed by atoms with Crippen molar-refractivity contribution in [3.63, 3.8) is 0 Å². The molecule has 0 bridgehead atoms. The Bertz CT molecular complexity index is 254. The third kappa shape index (κ3) is 9.19. The number of carbonyl (C=O) groups is 1. The van der Waals surface area contributed by atoms with Gasteiger partial charge in [0.05, 0.1) is 25.7 Å². The zero-order valence-corrected chi connectivity index (χ0v) is 13.7. The first-order valence-electron chi connectivity index (χ1n) is 7.45. The number of epoxide rings is 1. The molecule has 0 saturated carbocycles. The predicted octanol–water partition coefficient (Wildman–Crippen LogP) is 2.24. The first-order valence-corrected chi connectivity index (χ1v) is 10.2. The SMILES string of the molecule is CC(C)C(=O)OCCC[SiH](C)CCCOCC1CO1. The van der Waals surface area contributed by atoms with Gasteiger partial charge < -0.3 is 14.2 Å². The van der Waals surface area contributed by atoms with Crippen molar-refractivity contribution in [2.24, 2.45) is 5.92 Å². The van der Waals surface area contributed by atoms with Crippen molar-refractivity contribution in [3.05, 3.63) is 0 Å². The molecule has 112 valence electrons. The van der Waals surface area contributed by atoms with Crippen LogP contribution < -0.4 is 0 Å². The van der Waals surface area contributed by atoms with Crippen LogP contribution in [0.1, 0.15) is 26.7 Å². The Kier molecular flexibility index (Phi) is 8.33. The van der Waals surface area contributed by atoms with Gasteiger partial charge in [-0.3, -0.25) is 4.79 Å². The summed E-state index contributed by atoms with van der Waals surface area (Å²) in [6.45, 7) is 9.21. The quantitative estimate of drug-likeness (QED) is 0.253. The monoisotopic (exact) mass is 288 g/mol. The zero-order valence-electron chi connectivity index (χ0n) is 12.5. The second-order valence-electron chi connectivity index (χ2n) is 5.74. The lowest BCUT2D eigenvalue weighted by Gasteiger charge is -2.11. The average Bonchev–Trinajstić information content (AvgIpc) is 3.17. The summed E-state index contributed by atoms with van der Waals surface area (Å²) in [7, 11) is -0.644. The third-order valence-corrected chi connectivity index (χ3v) is 6.04. The van der Waals surface area contributed by atoms with Crippen molar-refractivity contribution in [1.82, 2.24) is 0 Å². The van der Waals surface area contributed by atoms with Gasteiger partial charge in [0.25, 0.3) is 0 Å². The number of ether oxygens (including phenoxy) is 3. The average molecular weight is 288 g/mol. The molecular weight excluding hydrogens is 260 g/mol.